The van der Waals surface area contributed by atoms with E-state index >= 15 is 0 Å². The predicted octanol–water partition coefficient (Wildman–Crippen LogP) is 3.97. The van der Waals surface area contributed by atoms with Crippen LogP contribution in [0.25, 0.3) is 0 Å². The number of aromatic nitrogens is 1. The first-order valence-corrected chi connectivity index (χ1v) is 10.7. The number of nitrogens with one attached hydrogen (secondary N) is 3. The van der Waals surface area contributed by atoms with Gasteiger partial charge < -0.3 is 25.8 Å². The standard InChI is InChI=1S/C23H35N5O2.HI/c1-4-24-23(27-15-8-7-14-26-22-12-5-6-13-25-22)28-17-21(29)19-10-9-11-20(16-19)30-18(2)3;/h5-6,9-13,16,18,21,29H,4,7-8,14-15,17H2,1-3H3,(H,25,26)(H2,24,27,28);1H. The number of nitrogens with zero attached hydrogens (tertiary/aromatic N) is 2. The Balaban J connectivity index is 0.00000480. The van der Waals surface area contributed by atoms with Crippen molar-refractivity contribution in [2.45, 2.75) is 45.8 Å². The molecule has 8 heteroatoms. The number of ether oxygens (including phenoxy) is 1. The van der Waals surface area contributed by atoms with Crippen LogP contribution in [0.1, 0.15) is 45.3 Å². The molecule has 1 atom stereocenters. The van der Waals surface area contributed by atoms with E-state index in [0.717, 1.165) is 49.6 Å². The molecule has 0 aliphatic carbocycles. The van der Waals surface area contributed by atoms with Crippen LogP contribution >= 0.6 is 24.0 Å². The van der Waals surface area contributed by atoms with Gasteiger partial charge in [-0.25, -0.2) is 4.98 Å². The van der Waals surface area contributed by atoms with E-state index in [0.29, 0.717) is 5.96 Å². The topological polar surface area (TPSA) is 90.8 Å². The first-order valence-electron chi connectivity index (χ1n) is 10.7. The van der Waals surface area contributed by atoms with Crippen LogP contribution in [0.3, 0.4) is 0 Å². The van der Waals surface area contributed by atoms with E-state index in [4.69, 9.17) is 4.74 Å². The van der Waals surface area contributed by atoms with Crippen molar-refractivity contribution in [3.05, 3.63) is 54.2 Å². The van der Waals surface area contributed by atoms with Gasteiger partial charge in [-0.3, -0.25) is 4.99 Å². The van der Waals surface area contributed by atoms with E-state index in [9.17, 15) is 5.11 Å². The first-order chi connectivity index (χ1) is 14.6. The molecule has 31 heavy (non-hydrogen) atoms. The molecule has 7 nitrogen and oxygen atoms in total. The maximum absolute atomic E-state index is 10.5. The average molecular weight is 541 g/mol. The number of pyridine rings is 1. The van der Waals surface area contributed by atoms with Crippen LogP contribution < -0.4 is 20.7 Å². The summed E-state index contributed by atoms with van der Waals surface area (Å²) in [6.07, 6.45) is 3.22. The SMILES string of the molecule is CCNC(=NCC(O)c1cccc(OC(C)C)c1)NCCCCNc1ccccn1.I. The van der Waals surface area contributed by atoms with Gasteiger partial charge in [0.2, 0.25) is 0 Å². The number of benzene rings is 1. The lowest BCUT2D eigenvalue weighted by Crippen LogP contribution is -2.38. The number of hydrogen-bond acceptors (Lipinski definition) is 5. The fraction of sp³-hybridized carbons (Fsp3) is 0.478. The van der Waals surface area contributed by atoms with Gasteiger partial charge in [-0.05, 0) is 63.4 Å². The number of anilines is 1. The summed E-state index contributed by atoms with van der Waals surface area (Å²) in [7, 11) is 0. The third-order valence-corrected chi connectivity index (χ3v) is 4.25. The number of unbranched alkanes of at least 4 members (excludes halogenated alkanes) is 1. The van der Waals surface area contributed by atoms with Gasteiger partial charge in [0.1, 0.15) is 11.6 Å². The highest BCUT2D eigenvalue weighted by molar-refractivity contribution is 14.0. The van der Waals surface area contributed by atoms with E-state index in [1.165, 1.54) is 0 Å². The molecule has 0 saturated heterocycles. The van der Waals surface area contributed by atoms with Crippen molar-refractivity contribution in [3.8, 4) is 5.75 Å². The van der Waals surface area contributed by atoms with Crippen LogP contribution in [0, 0.1) is 0 Å². The van der Waals surface area contributed by atoms with E-state index in [1.807, 2.05) is 63.2 Å². The number of aliphatic hydroxyl groups is 1. The van der Waals surface area contributed by atoms with Crippen molar-refractivity contribution in [1.29, 1.82) is 0 Å². The maximum atomic E-state index is 10.5. The minimum atomic E-state index is -0.682. The Morgan fingerprint density at radius 3 is 2.61 bits per heavy atom. The summed E-state index contributed by atoms with van der Waals surface area (Å²) in [6, 6.07) is 13.4. The van der Waals surface area contributed by atoms with Crippen molar-refractivity contribution >= 4 is 35.8 Å². The largest absolute Gasteiger partial charge is 0.491 e. The highest BCUT2D eigenvalue weighted by Gasteiger charge is 2.09. The molecule has 1 unspecified atom stereocenters. The average Bonchev–Trinajstić information content (AvgIpc) is 2.74. The third-order valence-electron chi connectivity index (χ3n) is 4.25. The summed E-state index contributed by atoms with van der Waals surface area (Å²) in [4.78, 5) is 8.77. The van der Waals surface area contributed by atoms with Crippen LogP contribution in [0.2, 0.25) is 0 Å². The van der Waals surface area contributed by atoms with Crippen molar-refractivity contribution in [3.63, 3.8) is 0 Å². The summed E-state index contributed by atoms with van der Waals surface area (Å²) in [6.45, 7) is 8.72. The molecule has 0 radical (unpaired) electrons. The highest BCUT2D eigenvalue weighted by Crippen LogP contribution is 2.20. The Labute approximate surface area is 203 Å². The van der Waals surface area contributed by atoms with Gasteiger partial charge in [0.15, 0.2) is 5.96 Å². The van der Waals surface area contributed by atoms with E-state index in [1.54, 1.807) is 6.20 Å². The molecule has 2 aromatic rings. The molecule has 4 N–H and O–H groups in total. The quantitative estimate of drug-likeness (QED) is 0.141. The zero-order valence-electron chi connectivity index (χ0n) is 18.7. The van der Waals surface area contributed by atoms with E-state index < -0.39 is 6.10 Å². The third kappa shape index (κ3) is 11.2. The van der Waals surface area contributed by atoms with Crippen LogP contribution in [0.15, 0.2) is 53.7 Å². The van der Waals surface area contributed by atoms with Crippen molar-refractivity contribution in [2.24, 2.45) is 4.99 Å². The van der Waals surface area contributed by atoms with Crippen LogP contribution in [-0.4, -0.2) is 48.3 Å². The minimum absolute atomic E-state index is 0. The molecule has 0 spiro atoms. The van der Waals surface area contributed by atoms with E-state index in [2.05, 4.69) is 25.9 Å². The summed E-state index contributed by atoms with van der Waals surface area (Å²) in [5, 5.41) is 20.4. The summed E-state index contributed by atoms with van der Waals surface area (Å²) in [5.41, 5.74) is 0.799. The number of halogens is 1. The van der Waals surface area contributed by atoms with Crippen molar-refractivity contribution in [1.82, 2.24) is 15.6 Å². The molecule has 0 fully saturated rings. The van der Waals surface area contributed by atoms with Crippen molar-refractivity contribution < 1.29 is 9.84 Å². The van der Waals surface area contributed by atoms with Gasteiger partial charge in [-0.15, -0.1) is 24.0 Å². The van der Waals surface area contributed by atoms with Gasteiger partial charge in [-0.1, -0.05) is 18.2 Å². The molecule has 0 aliphatic heterocycles. The number of aliphatic imine (C=N–C) groups is 1. The fourth-order valence-electron chi connectivity index (χ4n) is 2.83. The Kier molecular flexibility index (Phi) is 13.6. The molecule has 2 rings (SSSR count). The van der Waals surface area contributed by atoms with E-state index in [-0.39, 0.29) is 36.6 Å². The Morgan fingerprint density at radius 1 is 1.10 bits per heavy atom. The van der Waals surface area contributed by atoms with Crippen LogP contribution in [-0.2, 0) is 0 Å². The molecule has 0 amide bonds. The maximum Gasteiger partial charge on any atom is 0.191 e. The highest BCUT2D eigenvalue weighted by atomic mass is 127. The molecule has 172 valence electrons. The Bertz CT molecular complexity index is 759. The lowest BCUT2D eigenvalue weighted by atomic mass is 10.1. The summed E-state index contributed by atoms with van der Waals surface area (Å²) in [5.74, 6) is 2.37. The number of guanidine groups is 1. The van der Waals surface area contributed by atoms with Gasteiger partial charge >= 0.3 is 0 Å². The molecular formula is C23H36IN5O2. The second-order valence-corrected chi connectivity index (χ2v) is 7.25. The second kappa shape index (κ2) is 15.7. The first kappa shape index (κ1) is 27.0. The zero-order valence-corrected chi connectivity index (χ0v) is 21.0. The predicted molar refractivity (Wildman–Crippen MR) is 139 cm³/mol. The van der Waals surface area contributed by atoms with Gasteiger partial charge in [0, 0.05) is 25.8 Å². The number of aliphatic hydroxyl groups excluding tert-OH is 1. The van der Waals surface area contributed by atoms with Crippen molar-refractivity contribution in [2.75, 3.05) is 31.5 Å². The monoisotopic (exact) mass is 541 g/mol. The number of rotatable bonds is 12. The normalized spacial score (nSPS) is 12.1. The lowest BCUT2D eigenvalue weighted by Gasteiger charge is -2.15. The molecular weight excluding hydrogens is 505 g/mol. The Morgan fingerprint density at radius 2 is 1.90 bits per heavy atom. The Hall–Kier alpha value is -2.07. The second-order valence-electron chi connectivity index (χ2n) is 7.25. The van der Waals surface area contributed by atoms with Crippen LogP contribution in [0.4, 0.5) is 5.82 Å². The van der Waals surface area contributed by atoms with Gasteiger partial charge in [0.25, 0.3) is 0 Å². The zero-order chi connectivity index (χ0) is 21.6. The molecule has 1 aromatic carbocycles. The lowest BCUT2D eigenvalue weighted by molar-refractivity contribution is 0.185. The smallest absolute Gasteiger partial charge is 0.191 e. The molecule has 0 aliphatic rings. The molecule has 0 bridgehead atoms. The minimum Gasteiger partial charge on any atom is -0.491 e. The van der Waals surface area contributed by atoms with Crippen LogP contribution in [0.5, 0.6) is 5.75 Å². The molecule has 1 aromatic heterocycles. The molecule has 0 saturated carbocycles. The van der Waals surface area contributed by atoms with Gasteiger partial charge in [0.05, 0.1) is 18.8 Å². The summed E-state index contributed by atoms with van der Waals surface area (Å²) < 4.78 is 5.70. The fourth-order valence-corrected chi connectivity index (χ4v) is 2.83. The summed E-state index contributed by atoms with van der Waals surface area (Å²) >= 11 is 0. The molecule has 1 heterocycles. The van der Waals surface area contributed by atoms with Gasteiger partial charge in [-0.2, -0.15) is 0 Å². The number of hydrogen-bond donors (Lipinski definition) is 4.